The Morgan fingerprint density at radius 2 is 1.53 bits per heavy atom. The van der Waals surface area contributed by atoms with Gasteiger partial charge < -0.3 is 5.73 Å². The number of amidine groups is 1. The second-order valence-electron chi connectivity index (χ2n) is 3.15. The van der Waals surface area contributed by atoms with E-state index in [-0.39, 0.29) is 17.5 Å². The average Bonchev–Trinajstić information content (AvgIpc) is 2.17. The summed E-state index contributed by atoms with van der Waals surface area (Å²) in [5.41, 5.74) is 6.81. The van der Waals surface area contributed by atoms with E-state index >= 15 is 0 Å². The zero-order valence-corrected chi connectivity index (χ0v) is 8.65. The maximum atomic E-state index is 11.0. The van der Waals surface area contributed by atoms with Crippen molar-refractivity contribution in [2.45, 2.75) is 13.8 Å². The number of rotatable bonds is 2. The van der Waals surface area contributed by atoms with Gasteiger partial charge in [-0.25, -0.2) is 0 Å². The molecule has 0 fully saturated rings. The first-order valence-corrected chi connectivity index (χ1v) is 4.47. The van der Waals surface area contributed by atoms with Gasteiger partial charge in [-0.05, 0) is 6.92 Å². The highest BCUT2D eigenvalue weighted by Gasteiger charge is 2.02. The van der Waals surface area contributed by atoms with Crippen molar-refractivity contribution in [3.8, 4) is 0 Å². The fourth-order valence-electron chi connectivity index (χ4n) is 1.11. The molecule has 0 unspecified atom stereocenters. The number of carbonyl (C=O) groups is 2. The topological polar surface area (TPSA) is 72.5 Å². The van der Waals surface area contributed by atoms with Gasteiger partial charge in [-0.3, -0.25) is 9.59 Å². The average molecular weight is 204 g/mol. The van der Waals surface area contributed by atoms with Crippen molar-refractivity contribution in [3.05, 3.63) is 35.4 Å². The molecule has 0 saturated carbocycles. The van der Waals surface area contributed by atoms with E-state index in [2.05, 4.69) is 4.99 Å². The lowest BCUT2D eigenvalue weighted by molar-refractivity contribution is -0.115. The van der Waals surface area contributed by atoms with E-state index in [0.717, 1.165) is 0 Å². The lowest BCUT2D eigenvalue weighted by Gasteiger charge is -2.00. The minimum atomic E-state index is -0.344. The molecule has 78 valence electrons. The summed E-state index contributed by atoms with van der Waals surface area (Å²) in [6.45, 7) is 2.82. The molecule has 0 spiro atoms. The summed E-state index contributed by atoms with van der Waals surface area (Å²) in [6, 6.07) is 6.64. The normalized spacial score (nSPS) is 11.2. The third-order valence-electron chi connectivity index (χ3n) is 1.87. The molecule has 4 nitrogen and oxygen atoms in total. The standard InChI is InChI=1S/C11H12N2O2/c1-7(14)9-3-5-10(6-4-9)11(12)13-8(2)15/h3-6H,1-2H3,(H2,12,13,15). The third-order valence-corrected chi connectivity index (χ3v) is 1.87. The Hall–Kier alpha value is -1.97. The van der Waals surface area contributed by atoms with Gasteiger partial charge in [-0.1, -0.05) is 24.3 Å². The van der Waals surface area contributed by atoms with Crippen LogP contribution >= 0.6 is 0 Å². The summed E-state index contributed by atoms with van der Waals surface area (Å²) < 4.78 is 0. The number of nitrogens with zero attached hydrogens (tertiary/aromatic N) is 1. The van der Waals surface area contributed by atoms with Gasteiger partial charge in [0, 0.05) is 18.1 Å². The molecule has 0 heterocycles. The molecule has 2 N–H and O–H groups in total. The number of hydrogen-bond acceptors (Lipinski definition) is 2. The van der Waals surface area contributed by atoms with Gasteiger partial charge in [0.1, 0.15) is 5.84 Å². The molecule has 1 aromatic carbocycles. The van der Waals surface area contributed by atoms with E-state index < -0.39 is 0 Å². The van der Waals surface area contributed by atoms with E-state index in [9.17, 15) is 9.59 Å². The molecule has 1 aromatic rings. The highest BCUT2D eigenvalue weighted by Crippen LogP contribution is 2.04. The smallest absolute Gasteiger partial charge is 0.244 e. The predicted octanol–water partition coefficient (Wildman–Crippen LogP) is 1.14. The Balaban J connectivity index is 2.99. The van der Waals surface area contributed by atoms with Crippen molar-refractivity contribution in [3.63, 3.8) is 0 Å². The van der Waals surface area contributed by atoms with Gasteiger partial charge in [0.2, 0.25) is 5.91 Å². The van der Waals surface area contributed by atoms with E-state index in [1.165, 1.54) is 13.8 Å². The first-order chi connectivity index (χ1) is 7.00. The van der Waals surface area contributed by atoms with Crippen molar-refractivity contribution in [2.24, 2.45) is 10.7 Å². The molecule has 4 heteroatoms. The number of ketones is 1. The molecule has 0 aliphatic carbocycles. The zero-order chi connectivity index (χ0) is 11.4. The Morgan fingerprint density at radius 1 is 1.07 bits per heavy atom. The summed E-state index contributed by atoms with van der Waals surface area (Å²) in [4.78, 5) is 25.3. The van der Waals surface area contributed by atoms with Gasteiger partial charge in [0.25, 0.3) is 0 Å². The van der Waals surface area contributed by atoms with Gasteiger partial charge in [-0.15, -0.1) is 0 Å². The summed E-state index contributed by atoms with van der Waals surface area (Å²) in [5, 5.41) is 0. The minimum Gasteiger partial charge on any atom is -0.383 e. The van der Waals surface area contributed by atoms with Crippen LogP contribution in [-0.2, 0) is 4.79 Å². The van der Waals surface area contributed by atoms with E-state index in [4.69, 9.17) is 5.73 Å². The van der Waals surface area contributed by atoms with E-state index in [0.29, 0.717) is 11.1 Å². The van der Waals surface area contributed by atoms with Crippen LogP contribution in [0.15, 0.2) is 29.3 Å². The van der Waals surface area contributed by atoms with Crippen molar-refractivity contribution in [2.75, 3.05) is 0 Å². The molecule has 0 radical (unpaired) electrons. The highest BCUT2D eigenvalue weighted by molar-refractivity contribution is 6.04. The third kappa shape index (κ3) is 3.02. The monoisotopic (exact) mass is 204 g/mol. The maximum Gasteiger partial charge on any atom is 0.244 e. The molecule has 0 aliphatic rings. The van der Waals surface area contributed by atoms with E-state index in [1.54, 1.807) is 24.3 Å². The van der Waals surface area contributed by atoms with Crippen LogP contribution in [0, 0.1) is 0 Å². The van der Waals surface area contributed by atoms with Crippen molar-refractivity contribution >= 4 is 17.5 Å². The second-order valence-corrected chi connectivity index (χ2v) is 3.15. The fourth-order valence-corrected chi connectivity index (χ4v) is 1.11. The molecular weight excluding hydrogens is 192 g/mol. The van der Waals surface area contributed by atoms with Crippen LogP contribution in [0.4, 0.5) is 0 Å². The summed E-state index contributed by atoms with van der Waals surface area (Å²) in [7, 11) is 0. The Bertz CT molecular complexity index is 419. The summed E-state index contributed by atoms with van der Waals surface area (Å²) >= 11 is 0. The molecule has 0 atom stereocenters. The van der Waals surface area contributed by atoms with Crippen molar-refractivity contribution in [1.82, 2.24) is 0 Å². The van der Waals surface area contributed by atoms with Crippen LogP contribution in [0.3, 0.4) is 0 Å². The summed E-state index contributed by atoms with van der Waals surface area (Å²) in [5.74, 6) is -0.190. The number of nitrogens with two attached hydrogens (primary N) is 1. The van der Waals surface area contributed by atoms with Crippen LogP contribution in [0.2, 0.25) is 0 Å². The number of benzene rings is 1. The van der Waals surface area contributed by atoms with Crippen LogP contribution in [-0.4, -0.2) is 17.5 Å². The Kier molecular flexibility index (Phi) is 3.33. The van der Waals surface area contributed by atoms with Gasteiger partial charge in [0.05, 0.1) is 0 Å². The van der Waals surface area contributed by atoms with Crippen molar-refractivity contribution < 1.29 is 9.59 Å². The van der Waals surface area contributed by atoms with E-state index in [1.807, 2.05) is 0 Å². The second kappa shape index (κ2) is 4.50. The number of amides is 1. The number of hydrogen-bond donors (Lipinski definition) is 1. The number of carbonyl (C=O) groups excluding carboxylic acids is 2. The minimum absolute atomic E-state index is 0.0105. The molecule has 0 aromatic heterocycles. The largest absolute Gasteiger partial charge is 0.383 e. The van der Waals surface area contributed by atoms with Crippen molar-refractivity contribution in [1.29, 1.82) is 0 Å². The highest BCUT2D eigenvalue weighted by atomic mass is 16.1. The van der Waals surface area contributed by atoms with Gasteiger partial charge >= 0.3 is 0 Å². The quantitative estimate of drug-likeness (QED) is 0.446. The summed E-state index contributed by atoms with van der Waals surface area (Å²) in [6.07, 6.45) is 0. The van der Waals surface area contributed by atoms with Gasteiger partial charge in [0.15, 0.2) is 5.78 Å². The SMILES string of the molecule is CC(=O)N=C(N)c1ccc(C(C)=O)cc1. The van der Waals surface area contributed by atoms with Crippen LogP contribution in [0.5, 0.6) is 0 Å². The molecule has 0 aliphatic heterocycles. The predicted molar refractivity (Wildman–Crippen MR) is 57.9 cm³/mol. The molecule has 0 bridgehead atoms. The maximum absolute atomic E-state index is 11.0. The zero-order valence-electron chi connectivity index (χ0n) is 8.65. The first kappa shape index (κ1) is 11.1. The number of Topliss-reactive ketones (excluding diaryl/α,β-unsaturated/α-hetero) is 1. The molecule has 1 amide bonds. The lowest BCUT2D eigenvalue weighted by atomic mass is 10.1. The van der Waals surface area contributed by atoms with Crippen LogP contribution in [0.25, 0.3) is 0 Å². The lowest BCUT2D eigenvalue weighted by Crippen LogP contribution is -2.15. The fraction of sp³-hybridized carbons (Fsp3) is 0.182. The molecular formula is C11H12N2O2. The Morgan fingerprint density at radius 3 is 1.93 bits per heavy atom. The number of aliphatic imine (C=N–C) groups is 1. The molecule has 0 saturated heterocycles. The van der Waals surface area contributed by atoms with Gasteiger partial charge in [-0.2, -0.15) is 4.99 Å². The van der Waals surface area contributed by atoms with Crippen LogP contribution < -0.4 is 5.73 Å². The molecule has 15 heavy (non-hydrogen) atoms. The Labute approximate surface area is 87.8 Å². The molecule has 1 rings (SSSR count). The van der Waals surface area contributed by atoms with Crippen LogP contribution in [0.1, 0.15) is 29.8 Å². The first-order valence-electron chi connectivity index (χ1n) is 4.47.